The number of fused-ring (bicyclic) bond motifs is 1. The maximum absolute atomic E-state index is 13.6. The Hall–Kier alpha value is -2.76. The summed E-state index contributed by atoms with van der Waals surface area (Å²) in [4.78, 5) is 13.8. The van der Waals surface area contributed by atoms with Crippen LogP contribution in [-0.2, 0) is 12.8 Å². The molecular weight excluding hydrogens is 367 g/mol. The van der Waals surface area contributed by atoms with Gasteiger partial charge in [-0.3, -0.25) is 4.79 Å². The summed E-state index contributed by atoms with van der Waals surface area (Å²) in [5.41, 5.74) is 1.61. The van der Waals surface area contributed by atoms with E-state index in [1.807, 2.05) is 0 Å². The van der Waals surface area contributed by atoms with E-state index in [9.17, 15) is 18.0 Å². The van der Waals surface area contributed by atoms with Crippen molar-refractivity contribution in [2.45, 2.75) is 44.4 Å². The summed E-state index contributed by atoms with van der Waals surface area (Å²) in [7, 11) is 0. The van der Waals surface area contributed by atoms with E-state index in [1.165, 1.54) is 6.07 Å². The van der Waals surface area contributed by atoms with Crippen LogP contribution in [0.25, 0.3) is 10.9 Å². The highest BCUT2D eigenvalue weighted by Gasteiger charge is 2.36. The number of hydrogen-bond donors (Lipinski definition) is 1. The molecule has 1 aliphatic carbocycles. The highest BCUT2D eigenvalue weighted by molar-refractivity contribution is 5.88. The number of nitrogens with one attached hydrogen (secondary N) is 1. The van der Waals surface area contributed by atoms with Crippen LogP contribution in [0.15, 0.2) is 42.5 Å². The van der Waals surface area contributed by atoms with Crippen molar-refractivity contribution in [2.75, 3.05) is 0 Å². The number of H-pyrrole nitrogens is 1. The monoisotopic (exact) mass is 387 g/mol. The lowest BCUT2D eigenvalue weighted by Gasteiger charge is -2.19. The number of aromatic nitrogens is 1. The first-order valence-electron chi connectivity index (χ1n) is 9.35. The summed E-state index contributed by atoms with van der Waals surface area (Å²) in [6.45, 7) is 0.0461. The molecule has 1 saturated carbocycles. The fraction of sp³-hybridized carbons (Fsp3) is 0.318. The number of hydrogen-bond acceptors (Lipinski definition) is 2. The summed E-state index contributed by atoms with van der Waals surface area (Å²) >= 11 is 0. The van der Waals surface area contributed by atoms with Gasteiger partial charge in [-0.15, -0.1) is 0 Å². The van der Waals surface area contributed by atoms with Crippen LogP contribution in [-0.4, -0.2) is 11.3 Å². The lowest BCUT2D eigenvalue weighted by atomic mass is 9.91. The number of aromatic amines is 1. The molecule has 1 N–H and O–H groups in total. The van der Waals surface area contributed by atoms with Crippen LogP contribution in [0, 0.1) is 0 Å². The number of benzene rings is 2. The molecule has 1 fully saturated rings. The molecule has 0 amide bonds. The lowest BCUT2D eigenvalue weighted by molar-refractivity contribution is -0.138. The van der Waals surface area contributed by atoms with Crippen molar-refractivity contribution in [3.05, 3.63) is 64.8 Å². The van der Waals surface area contributed by atoms with Crippen molar-refractivity contribution in [3.63, 3.8) is 0 Å². The number of ether oxygens (including phenoxy) is 1. The Morgan fingerprint density at radius 3 is 2.57 bits per heavy atom. The van der Waals surface area contributed by atoms with Crippen LogP contribution in [0.3, 0.4) is 0 Å². The number of rotatable bonds is 5. The van der Waals surface area contributed by atoms with Gasteiger partial charge in [0.05, 0.1) is 11.3 Å². The highest BCUT2D eigenvalue weighted by Crippen LogP contribution is 2.42. The van der Waals surface area contributed by atoms with Gasteiger partial charge in [-0.2, -0.15) is 13.2 Å². The molecule has 0 spiro atoms. The molecule has 146 valence electrons. The van der Waals surface area contributed by atoms with Crippen LogP contribution in [0.1, 0.15) is 58.8 Å². The Balaban J connectivity index is 1.55. The number of carbonyl (C=O) groups is 1. The van der Waals surface area contributed by atoms with Gasteiger partial charge in [0.15, 0.2) is 6.29 Å². The summed E-state index contributed by atoms with van der Waals surface area (Å²) in [6, 6.07) is 11.5. The topological polar surface area (TPSA) is 42.1 Å². The quantitative estimate of drug-likeness (QED) is 0.527. The van der Waals surface area contributed by atoms with Gasteiger partial charge in [-0.05, 0) is 60.2 Å². The van der Waals surface area contributed by atoms with Gasteiger partial charge in [0, 0.05) is 10.9 Å². The minimum Gasteiger partial charge on any atom is -0.489 e. The van der Waals surface area contributed by atoms with Crippen molar-refractivity contribution in [2.24, 2.45) is 0 Å². The SMILES string of the molecule is O=Cc1cc2cc(OCc3ccc(C4CCCC4)c(C(F)(F)F)c3)ccc2[nH]1. The Morgan fingerprint density at radius 1 is 1.07 bits per heavy atom. The van der Waals surface area contributed by atoms with Gasteiger partial charge in [-0.25, -0.2) is 0 Å². The van der Waals surface area contributed by atoms with Gasteiger partial charge < -0.3 is 9.72 Å². The second-order valence-corrected chi connectivity index (χ2v) is 7.28. The van der Waals surface area contributed by atoms with Crippen LogP contribution >= 0.6 is 0 Å². The number of alkyl halides is 3. The number of carbonyl (C=O) groups excluding carboxylic acids is 1. The Labute approximate surface area is 160 Å². The second-order valence-electron chi connectivity index (χ2n) is 7.28. The molecular formula is C22H20F3NO2. The van der Waals surface area contributed by atoms with E-state index in [2.05, 4.69) is 4.98 Å². The zero-order valence-corrected chi connectivity index (χ0v) is 15.2. The lowest BCUT2D eigenvalue weighted by Crippen LogP contribution is -2.12. The average molecular weight is 387 g/mol. The van der Waals surface area contributed by atoms with Crippen molar-refractivity contribution in [1.82, 2.24) is 4.98 Å². The van der Waals surface area contributed by atoms with Crippen molar-refractivity contribution in [3.8, 4) is 5.75 Å². The van der Waals surface area contributed by atoms with E-state index in [-0.39, 0.29) is 12.5 Å². The first kappa shape index (κ1) is 18.6. The molecule has 2 aromatic carbocycles. The maximum Gasteiger partial charge on any atom is 0.416 e. The van der Waals surface area contributed by atoms with Crippen LogP contribution < -0.4 is 4.74 Å². The van der Waals surface area contributed by atoms with Crippen LogP contribution in [0.2, 0.25) is 0 Å². The van der Waals surface area contributed by atoms with Crippen molar-refractivity contribution in [1.29, 1.82) is 0 Å². The fourth-order valence-corrected chi connectivity index (χ4v) is 3.98. The maximum atomic E-state index is 13.6. The minimum absolute atomic E-state index is 0.00499. The molecule has 6 heteroatoms. The van der Waals surface area contributed by atoms with Crippen molar-refractivity contribution < 1.29 is 22.7 Å². The zero-order valence-electron chi connectivity index (χ0n) is 15.2. The third-order valence-corrected chi connectivity index (χ3v) is 5.36. The zero-order chi connectivity index (χ0) is 19.7. The predicted molar refractivity (Wildman–Crippen MR) is 101 cm³/mol. The van der Waals surface area contributed by atoms with E-state index in [1.54, 1.807) is 36.4 Å². The van der Waals surface area contributed by atoms with Gasteiger partial charge in [0.2, 0.25) is 0 Å². The molecule has 28 heavy (non-hydrogen) atoms. The normalized spacial score (nSPS) is 15.2. The van der Waals surface area contributed by atoms with Crippen LogP contribution in [0.5, 0.6) is 5.75 Å². The van der Waals surface area contributed by atoms with Gasteiger partial charge in [0.1, 0.15) is 12.4 Å². The Kier molecular flexibility index (Phi) is 4.87. The average Bonchev–Trinajstić information content (AvgIpc) is 3.34. The Morgan fingerprint density at radius 2 is 1.86 bits per heavy atom. The van der Waals surface area contributed by atoms with Gasteiger partial charge in [-0.1, -0.05) is 25.0 Å². The summed E-state index contributed by atoms with van der Waals surface area (Å²) in [5, 5.41) is 0.812. The molecule has 3 aromatic rings. The number of halogens is 3. The van der Waals surface area contributed by atoms with E-state index < -0.39 is 11.7 Å². The molecule has 0 bridgehead atoms. The standard InChI is InChI=1S/C22H20F3NO2/c23-22(24,25)20-9-14(5-7-19(20)15-3-1-2-4-15)13-28-18-6-8-21-16(11-18)10-17(12-27)26-21/h5-12,15,26H,1-4,13H2. The van der Waals surface area contributed by atoms with E-state index in [0.29, 0.717) is 22.6 Å². The number of aldehydes is 1. The molecule has 0 radical (unpaired) electrons. The molecule has 0 atom stereocenters. The largest absolute Gasteiger partial charge is 0.489 e. The predicted octanol–water partition coefficient (Wildman–Crippen LogP) is 6.24. The minimum atomic E-state index is -4.37. The fourth-order valence-electron chi connectivity index (χ4n) is 3.98. The third kappa shape index (κ3) is 3.77. The molecule has 1 heterocycles. The van der Waals surface area contributed by atoms with Crippen LogP contribution in [0.4, 0.5) is 13.2 Å². The van der Waals surface area contributed by atoms with Gasteiger partial charge in [0.25, 0.3) is 0 Å². The highest BCUT2D eigenvalue weighted by atomic mass is 19.4. The molecule has 1 aliphatic rings. The molecule has 0 aliphatic heterocycles. The summed E-state index contributed by atoms with van der Waals surface area (Å²) < 4.78 is 46.5. The Bertz CT molecular complexity index is 1000. The molecule has 0 saturated heterocycles. The molecule has 1 aromatic heterocycles. The van der Waals surface area contributed by atoms with E-state index in [4.69, 9.17) is 4.74 Å². The first-order chi connectivity index (χ1) is 13.4. The molecule has 0 unspecified atom stereocenters. The third-order valence-electron chi connectivity index (χ3n) is 5.36. The summed E-state index contributed by atoms with van der Waals surface area (Å²) in [5.74, 6) is 0.534. The van der Waals surface area contributed by atoms with E-state index in [0.717, 1.165) is 42.9 Å². The van der Waals surface area contributed by atoms with E-state index >= 15 is 0 Å². The smallest absolute Gasteiger partial charge is 0.416 e. The second kappa shape index (κ2) is 7.34. The molecule has 3 nitrogen and oxygen atoms in total. The summed E-state index contributed by atoms with van der Waals surface area (Å²) in [6.07, 6.45) is -0.0361. The van der Waals surface area contributed by atoms with Gasteiger partial charge >= 0.3 is 6.18 Å². The van der Waals surface area contributed by atoms with Crippen molar-refractivity contribution >= 4 is 17.2 Å². The first-order valence-corrected chi connectivity index (χ1v) is 9.35. The molecule has 4 rings (SSSR count).